The molecule has 0 aliphatic heterocycles. The number of hydrogen-bond acceptors (Lipinski definition) is 4. The van der Waals surface area contributed by atoms with E-state index in [9.17, 15) is 0 Å². The van der Waals surface area contributed by atoms with Crippen molar-refractivity contribution in [1.82, 2.24) is 15.0 Å². The number of aromatic nitrogens is 3. The molecule has 0 bridgehead atoms. The minimum atomic E-state index is -0.00949. The molecule has 2 heterocycles. The molecule has 0 saturated heterocycles. The van der Waals surface area contributed by atoms with Gasteiger partial charge in [0.2, 0.25) is 5.88 Å². The second kappa shape index (κ2) is 5.40. The van der Waals surface area contributed by atoms with Gasteiger partial charge in [0, 0.05) is 18.0 Å². The second-order valence-corrected chi connectivity index (χ2v) is 5.71. The topological polar surface area (TPSA) is 76.8 Å². The molecule has 5 heteroatoms. The van der Waals surface area contributed by atoms with Crippen molar-refractivity contribution in [2.75, 3.05) is 13.7 Å². The number of methoxy groups -OCH3 is 1. The van der Waals surface area contributed by atoms with Crippen LogP contribution in [0, 0.1) is 0 Å². The molecule has 0 amide bonds. The average molecular weight is 274 g/mol. The van der Waals surface area contributed by atoms with Crippen molar-refractivity contribution in [2.24, 2.45) is 5.73 Å². The summed E-state index contributed by atoms with van der Waals surface area (Å²) >= 11 is 0. The Hall–Kier alpha value is -1.62. The SMILES string of the molecule is COc1ccc2[nH]c(C3(CN)CCCCCC3)nc2n1. The lowest BCUT2D eigenvalue weighted by Gasteiger charge is -2.28. The summed E-state index contributed by atoms with van der Waals surface area (Å²) in [5.41, 5.74) is 7.78. The number of nitrogens with zero attached hydrogens (tertiary/aromatic N) is 2. The lowest BCUT2D eigenvalue weighted by atomic mass is 9.79. The summed E-state index contributed by atoms with van der Waals surface area (Å²) < 4.78 is 5.16. The number of fused-ring (bicyclic) bond motifs is 1. The summed E-state index contributed by atoms with van der Waals surface area (Å²) in [5, 5.41) is 0. The maximum atomic E-state index is 6.11. The smallest absolute Gasteiger partial charge is 0.215 e. The Labute approximate surface area is 118 Å². The Morgan fingerprint density at radius 2 is 1.95 bits per heavy atom. The number of nitrogens with two attached hydrogens (primary N) is 1. The van der Waals surface area contributed by atoms with Gasteiger partial charge in [0.05, 0.1) is 12.6 Å². The van der Waals surface area contributed by atoms with Crippen LogP contribution in [0.4, 0.5) is 0 Å². The third-order valence-electron chi connectivity index (χ3n) is 4.48. The third-order valence-corrected chi connectivity index (χ3v) is 4.48. The Bertz CT molecular complexity index is 585. The number of aromatic amines is 1. The predicted octanol–water partition coefficient (Wildman–Crippen LogP) is 2.52. The fourth-order valence-corrected chi connectivity index (χ4v) is 3.18. The lowest BCUT2D eigenvalue weighted by molar-refractivity contribution is 0.362. The predicted molar refractivity (Wildman–Crippen MR) is 78.9 cm³/mol. The monoisotopic (exact) mass is 274 g/mol. The van der Waals surface area contributed by atoms with Crippen LogP contribution in [0.15, 0.2) is 12.1 Å². The molecule has 0 unspecified atom stereocenters. The number of ether oxygens (including phenoxy) is 1. The molecule has 1 saturated carbocycles. The van der Waals surface area contributed by atoms with Gasteiger partial charge in [-0.1, -0.05) is 25.7 Å². The number of rotatable bonds is 3. The average Bonchev–Trinajstić information content (AvgIpc) is 2.76. The molecule has 2 aromatic rings. The largest absolute Gasteiger partial charge is 0.481 e. The number of imidazole rings is 1. The number of pyridine rings is 1. The quantitative estimate of drug-likeness (QED) is 0.843. The summed E-state index contributed by atoms with van der Waals surface area (Å²) in [5.74, 6) is 1.59. The molecule has 20 heavy (non-hydrogen) atoms. The normalized spacial score (nSPS) is 18.9. The van der Waals surface area contributed by atoms with E-state index in [1.165, 1.54) is 25.7 Å². The van der Waals surface area contributed by atoms with Gasteiger partial charge in [-0.15, -0.1) is 0 Å². The zero-order valence-corrected chi connectivity index (χ0v) is 12.0. The molecule has 0 spiro atoms. The molecule has 0 aromatic carbocycles. The first-order valence-corrected chi connectivity index (χ1v) is 7.39. The van der Waals surface area contributed by atoms with E-state index in [4.69, 9.17) is 15.5 Å². The van der Waals surface area contributed by atoms with E-state index < -0.39 is 0 Å². The number of hydrogen-bond donors (Lipinski definition) is 2. The van der Waals surface area contributed by atoms with Gasteiger partial charge >= 0.3 is 0 Å². The van der Waals surface area contributed by atoms with Gasteiger partial charge in [0.15, 0.2) is 5.65 Å². The Morgan fingerprint density at radius 1 is 1.20 bits per heavy atom. The Kier molecular flexibility index (Phi) is 3.61. The molecule has 108 valence electrons. The van der Waals surface area contributed by atoms with Crippen molar-refractivity contribution in [3.8, 4) is 5.88 Å². The molecule has 1 aliphatic rings. The molecule has 5 nitrogen and oxygen atoms in total. The van der Waals surface area contributed by atoms with Gasteiger partial charge in [-0.25, -0.2) is 4.98 Å². The summed E-state index contributed by atoms with van der Waals surface area (Å²) in [4.78, 5) is 12.5. The molecule has 3 N–H and O–H groups in total. The summed E-state index contributed by atoms with van der Waals surface area (Å²) in [6, 6.07) is 3.82. The van der Waals surface area contributed by atoms with E-state index in [-0.39, 0.29) is 5.41 Å². The summed E-state index contributed by atoms with van der Waals surface area (Å²) in [7, 11) is 1.62. The summed E-state index contributed by atoms with van der Waals surface area (Å²) in [6.07, 6.45) is 7.28. The second-order valence-electron chi connectivity index (χ2n) is 5.71. The highest BCUT2D eigenvalue weighted by Gasteiger charge is 2.34. The first kappa shape index (κ1) is 13.4. The van der Waals surface area contributed by atoms with Crippen LogP contribution in [-0.2, 0) is 5.41 Å². The van der Waals surface area contributed by atoms with Crippen LogP contribution >= 0.6 is 0 Å². The lowest BCUT2D eigenvalue weighted by Crippen LogP contribution is -2.35. The Morgan fingerprint density at radius 3 is 2.60 bits per heavy atom. The van der Waals surface area contributed by atoms with E-state index in [1.54, 1.807) is 7.11 Å². The molecule has 1 aliphatic carbocycles. The van der Waals surface area contributed by atoms with Crippen molar-refractivity contribution in [2.45, 2.75) is 43.9 Å². The maximum absolute atomic E-state index is 6.11. The van der Waals surface area contributed by atoms with E-state index in [0.29, 0.717) is 12.4 Å². The van der Waals surface area contributed by atoms with Crippen LogP contribution in [-0.4, -0.2) is 28.6 Å². The number of H-pyrrole nitrogens is 1. The fourth-order valence-electron chi connectivity index (χ4n) is 3.18. The van der Waals surface area contributed by atoms with Crippen molar-refractivity contribution in [1.29, 1.82) is 0 Å². The van der Waals surface area contributed by atoms with Crippen LogP contribution in [0.3, 0.4) is 0 Å². The standard InChI is InChI=1S/C15H22N4O/c1-20-12-7-6-11-13(18-12)19-14(17-11)15(10-16)8-4-2-3-5-9-15/h6-7H,2-5,8-10,16H2,1H3,(H,17,18,19). The third kappa shape index (κ3) is 2.26. The van der Waals surface area contributed by atoms with Gasteiger partial charge in [-0.2, -0.15) is 4.98 Å². The van der Waals surface area contributed by atoms with Gasteiger partial charge in [-0.05, 0) is 18.9 Å². The molecule has 0 radical (unpaired) electrons. The van der Waals surface area contributed by atoms with E-state index in [0.717, 1.165) is 29.8 Å². The van der Waals surface area contributed by atoms with Gasteiger partial charge in [0.1, 0.15) is 5.82 Å². The van der Waals surface area contributed by atoms with Crippen LogP contribution in [0.2, 0.25) is 0 Å². The van der Waals surface area contributed by atoms with Gasteiger partial charge < -0.3 is 15.5 Å². The number of nitrogens with one attached hydrogen (secondary N) is 1. The van der Waals surface area contributed by atoms with Crippen LogP contribution < -0.4 is 10.5 Å². The highest BCUT2D eigenvalue weighted by atomic mass is 16.5. The minimum Gasteiger partial charge on any atom is -0.481 e. The van der Waals surface area contributed by atoms with Crippen LogP contribution in [0.5, 0.6) is 5.88 Å². The molecule has 2 aromatic heterocycles. The molecule has 3 rings (SSSR count). The highest BCUT2D eigenvalue weighted by molar-refractivity contribution is 5.71. The van der Waals surface area contributed by atoms with Crippen molar-refractivity contribution < 1.29 is 4.74 Å². The molecule has 0 atom stereocenters. The zero-order valence-electron chi connectivity index (χ0n) is 12.0. The molecule has 1 fully saturated rings. The maximum Gasteiger partial charge on any atom is 0.215 e. The van der Waals surface area contributed by atoms with Gasteiger partial charge in [0.25, 0.3) is 0 Å². The van der Waals surface area contributed by atoms with E-state index in [1.807, 2.05) is 12.1 Å². The first-order valence-electron chi connectivity index (χ1n) is 7.39. The minimum absolute atomic E-state index is 0.00949. The molecular weight excluding hydrogens is 252 g/mol. The van der Waals surface area contributed by atoms with E-state index >= 15 is 0 Å². The zero-order chi connectivity index (χ0) is 14.0. The summed E-state index contributed by atoms with van der Waals surface area (Å²) in [6.45, 7) is 0.643. The van der Waals surface area contributed by atoms with E-state index in [2.05, 4.69) is 9.97 Å². The van der Waals surface area contributed by atoms with Crippen molar-refractivity contribution in [3.05, 3.63) is 18.0 Å². The fraction of sp³-hybridized carbons (Fsp3) is 0.600. The first-order chi connectivity index (χ1) is 9.77. The van der Waals surface area contributed by atoms with Crippen molar-refractivity contribution >= 4 is 11.2 Å². The van der Waals surface area contributed by atoms with Crippen LogP contribution in [0.1, 0.15) is 44.3 Å². The molecular formula is C15H22N4O. The highest BCUT2D eigenvalue weighted by Crippen LogP contribution is 2.36. The van der Waals surface area contributed by atoms with Crippen LogP contribution in [0.25, 0.3) is 11.2 Å². The Balaban J connectivity index is 2.02. The van der Waals surface area contributed by atoms with Crippen molar-refractivity contribution in [3.63, 3.8) is 0 Å². The van der Waals surface area contributed by atoms with Gasteiger partial charge in [-0.3, -0.25) is 0 Å².